The van der Waals surface area contributed by atoms with E-state index in [4.69, 9.17) is 0 Å². The molecule has 0 aliphatic rings. The first kappa shape index (κ1) is 22.2. The maximum absolute atomic E-state index is 10.9. The SMILES string of the molecule is CCCCCCCCCc1n(CCCC)cc[n+]1Cc1ccc(C(=O)[O-])cc1. The average Bonchev–Trinajstić information content (AvgIpc) is 3.07. The predicted octanol–water partition coefficient (Wildman–Crippen LogP) is 4.28. The molecule has 0 bridgehead atoms. The number of rotatable bonds is 14. The van der Waals surface area contributed by atoms with Crippen LogP contribution in [0, 0.1) is 0 Å². The molecule has 0 aliphatic heterocycles. The first-order valence-electron chi connectivity index (χ1n) is 11.0. The molecule has 0 amide bonds. The second-order valence-electron chi connectivity index (χ2n) is 7.74. The zero-order valence-electron chi connectivity index (χ0n) is 17.7. The second kappa shape index (κ2) is 12.4. The molecule has 0 spiro atoms. The number of carboxylic acids is 1. The van der Waals surface area contributed by atoms with Crippen molar-refractivity contribution in [3.8, 4) is 0 Å². The topological polar surface area (TPSA) is 48.9 Å². The van der Waals surface area contributed by atoms with E-state index < -0.39 is 5.97 Å². The molecule has 0 fully saturated rings. The molecule has 28 heavy (non-hydrogen) atoms. The third-order valence-corrected chi connectivity index (χ3v) is 5.39. The van der Waals surface area contributed by atoms with E-state index >= 15 is 0 Å². The summed E-state index contributed by atoms with van der Waals surface area (Å²) < 4.78 is 4.72. The Hall–Kier alpha value is -2.10. The molecule has 1 heterocycles. The molecule has 2 rings (SSSR count). The number of hydrogen-bond donors (Lipinski definition) is 0. The van der Waals surface area contributed by atoms with Crippen LogP contribution >= 0.6 is 0 Å². The van der Waals surface area contributed by atoms with Crippen LogP contribution in [0.3, 0.4) is 0 Å². The van der Waals surface area contributed by atoms with Crippen LogP contribution in [0.1, 0.15) is 93.4 Å². The van der Waals surface area contributed by atoms with Crippen molar-refractivity contribution in [3.05, 3.63) is 53.6 Å². The minimum atomic E-state index is -1.12. The first-order chi connectivity index (χ1) is 13.7. The van der Waals surface area contributed by atoms with E-state index in [-0.39, 0.29) is 5.56 Å². The molecular formula is C24H36N2O2. The third kappa shape index (κ3) is 7.14. The zero-order chi connectivity index (χ0) is 20.2. The fourth-order valence-electron chi connectivity index (χ4n) is 3.64. The number of aryl methyl sites for hydroxylation is 1. The first-order valence-corrected chi connectivity index (χ1v) is 11.0. The summed E-state index contributed by atoms with van der Waals surface area (Å²) >= 11 is 0. The lowest BCUT2D eigenvalue weighted by Gasteiger charge is -2.07. The number of unbranched alkanes of at least 4 members (excludes halogenated alkanes) is 7. The Labute approximate surface area is 170 Å². The van der Waals surface area contributed by atoms with E-state index in [9.17, 15) is 9.90 Å². The number of aromatic nitrogens is 2. The van der Waals surface area contributed by atoms with Crippen LogP contribution in [0.25, 0.3) is 0 Å². The van der Waals surface area contributed by atoms with Crippen molar-refractivity contribution in [1.82, 2.24) is 4.57 Å². The lowest BCUT2D eigenvalue weighted by Crippen LogP contribution is -2.38. The van der Waals surface area contributed by atoms with Gasteiger partial charge in [0, 0.05) is 6.42 Å². The Kier molecular flexibility index (Phi) is 9.81. The number of carbonyl (C=O) groups is 1. The molecule has 4 nitrogen and oxygen atoms in total. The van der Waals surface area contributed by atoms with E-state index in [0.717, 1.165) is 25.1 Å². The van der Waals surface area contributed by atoms with Gasteiger partial charge in [0.25, 0.3) is 5.82 Å². The van der Waals surface area contributed by atoms with Gasteiger partial charge in [-0.3, -0.25) is 0 Å². The maximum atomic E-state index is 10.9. The third-order valence-electron chi connectivity index (χ3n) is 5.39. The molecule has 0 N–H and O–H groups in total. The number of aromatic carboxylic acids is 1. The Morgan fingerprint density at radius 2 is 1.57 bits per heavy atom. The molecule has 0 saturated carbocycles. The Morgan fingerprint density at radius 1 is 0.929 bits per heavy atom. The van der Waals surface area contributed by atoms with Crippen molar-refractivity contribution >= 4 is 5.97 Å². The summed E-state index contributed by atoms with van der Waals surface area (Å²) in [6.07, 6.45) is 17.1. The summed E-state index contributed by atoms with van der Waals surface area (Å²) in [5.41, 5.74) is 1.35. The van der Waals surface area contributed by atoms with Crippen LogP contribution in [-0.4, -0.2) is 10.5 Å². The number of carboxylic acid groups (broad SMARTS) is 1. The van der Waals surface area contributed by atoms with E-state index in [0.29, 0.717) is 0 Å². The van der Waals surface area contributed by atoms with Gasteiger partial charge >= 0.3 is 0 Å². The van der Waals surface area contributed by atoms with Crippen molar-refractivity contribution in [3.63, 3.8) is 0 Å². The molecular weight excluding hydrogens is 348 g/mol. The molecule has 0 saturated heterocycles. The van der Waals surface area contributed by atoms with Gasteiger partial charge in [-0.05, 0) is 24.0 Å². The highest BCUT2D eigenvalue weighted by atomic mass is 16.4. The molecule has 0 radical (unpaired) electrons. The molecule has 0 atom stereocenters. The molecule has 154 valence electrons. The Bertz CT molecular complexity index is 704. The van der Waals surface area contributed by atoms with Crippen LogP contribution < -0.4 is 9.67 Å². The Morgan fingerprint density at radius 3 is 2.21 bits per heavy atom. The summed E-state index contributed by atoms with van der Waals surface area (Å²) in [7, 11) is 0. The van der Waals surface area contributed by atoms with E-state index in [1.807, 2.05) is 12.1 Å². The van der Waals surface area contributed by atoms with Gasteiger partial charge in [0.05, 0.1) is 12.5 Å². The number of nitrogens with zero attached hydrogens (tertiary/aromatic N) is 2. The normalized spacial score (nSPS) is 11.1. The fraction of sp³-hybridized carbons (Fsp3) is 0.583. The highest BCUT2D eigenvalue weighted by Crippen LogP contribution is 2.11. The van der Waals surface area contributed by atoms with Gasteiger partial charge in [-0.1, -0.05) is 83.1 Å². The van der Waals surface area contributed by atoms with E-state index in [2.05, 4.69) is 35.4 Å². The maximum Gasteiger partial charge on any atom is 0.256 e. The van der Waals surface area contributed by atoms with Crippen LogP contribution in [0.4, 0.5) is 0 Å². The smallest absolute Gasteiger partial charge is 0.256 e. The van der Waals surface area contributed by atoms with Gasteiger partial charge in [-0.2, -0.15) is 0 Å². The van der Waals surface area contributed by atoms with Crippen LogP contribution in [0.2, 0.25) is 0 Å². The summed E-state index contributed by atoms with van der Waals surface area (Å²) in [6, 6.07) is 7.04. The average molecular weight is 385 g/mol. The van der Waals surface area contributed by atoms with Crippen molar-refractivity contribution in [2.45, 2.75) is 91.1 Å². The lowest BCUT2D eigenvalue weighted by atomic mass is 10.1. The number of carbonyl (C=O) groups excluding carboxylic acids is 1. The minimum Gasteiger partial charge on any atom is -0.545 e. The minimum absolute atomic E-state index is 0.234. The quantitative estimate of drug-likeness (QED) is 0.360. The van der Waals surface area contributed by atoms with Crippen LogP contribution in [0.15, 0.2) is 36.7 Å². The van der Waals surface area contributed by atoms with Gasteiger partial charge in [0.15, 0.2) is 0 Å². The van der Waals surface area contributed by atoms with E-state index in [1.165, 1.54) is 63.6 Å². The van der Waals surface area contributed by atoms with Crippen molar-refractivity contribution in [1.29, 1.82) is 0 Å². The van der Waals surface area contributed by atoms with Gasteiger partial charge in [0.1, 0.15) is 18.9 Å². The highest BCUT2D eigenvalue weighted by molar-refractivity contribution is 5.85. The molecule has 1 aromatic heterocycles. The standard InChI is InChI=1S/C24H36N2O2/c1-3-5-7-8-9-10-11-12-23-25(17-6-4-2)18-19-26(23)20-21-13-15-22(16-14-21)24(27)28/h13-16,18-19H,3-12,17,20H2,1-2H3. The van der Waals surface area contributed by atoms with Gasteiger partial charge in [-0.15, -0.1) is 0 Å². The molecule has 0 aliphatic carbocycles. The van der Waals surface area contributed by atoms with Crippen LogP contribution in [-0.2, 0) is 19.5 Å². The molecule has 2 aromatic rings. The van der Waals surface area contributed by atoms with Crippen molar-refractivity contribution < 1.29 is 14.5 Å². The summed E-state index contributed by atoms with van der Waals surface area (Å²) in [5, 5.41) is 10.9. The van der Waals surface area contributed by atoms with Crippen molar-refractivity contribution in [2.24, 2.45) is 0 Å². The van der Waals surface area contributed by atoms with E-state index in [1.54, 1.807) is 12.1 Å². The second-order valence-corrected chi connectivity index (χ2v) is 7.74. The highest BCUT2D eigenvalue weighted by Gasteiger charge is 2.17. The van der Waals surface area contributed by atoms with Gasteiger partial charge in [-0.25, -0.2) is 9.13 Å². The van der Waals surface area contributed by atoms with Gasteiger partial charge < -0.3 is 9.90 Å². The van der Waals surface area contributed by atoms with Crippen molar-refractivity contribution in [2.75, 3.05) is 0 Å². The lowest BCUT2D eigenvalue weighted by molar-refractivity contribution is -0.695. The molecule has 4 heteroatoms. The summed E-state index contributed by atoms with van der Waals surface area (Å²) in [4.78, 5) is 10.9. The number of imidazole rings is 1. The number of hydrogen-bond acceptors (Lipinski definition) is 2. The Balaban J connectivity index is 1.98. The summed E-state index contributed by atoms with van der Waals surface area (Å²) in [6.45, 7) is 6.33. The molecule has 1 aromatic carbocycles. The van der Waals surface area contributed by atoms with Gasteiger partial charge in [0.2, 0.25) is 0 Å². The predicted molar refractivity (Wildman–Crippen MR) is 111 cm³/mol. The number of benzene rings is 1. The molecule has 0 unspecified atom stereocenters. The largest absolute Gasteiger partial charge is 0.545 e. The fourth-order valence-corrected chi connectivity index (χ4v) is 3.64. The monoisotopic (exact) mass is 384 g/mol. The zero-order valence-corrected chi connectivity index (χ0v) is 17.7. The van der Waals surface area contributed by atoms with Crippen LogP contribution in [0.5, 0.6) is 0 Å². The summed E-state index contributed by atoms with van der Waals surface area (Å²) in [5.74, 6) is 0.260.